The number of anilines is 1. The van der Waals surface area contributed by atoms with Gasteiger partial charge in [0.1, 0.15) is 15.6 Å². The van der Waals surface area contributed by atoms with Crippen LogP contribution in [0, 0.1) is 17.0 Å². The zero-order chi connectivity index (χ0) is 18.8. The Balaban J connectivity index is 1.63. The van der Waals surface area contributed by atoms with Crippen molar-refractivity contribution >= 4 is 39.5 Å². The molecule has 0 atom stereocenters. The van der Waals surface area contributed by atoms with Gasteiger partial charge in [0, 0.05) is 4.88 Å². The van der Waals surface area contributed by atoms with Gasteiger partial charge in [-0.2, -0.15) is 5.10 Å². The lowest BCUT2D eigenvalue weighted by Crippen LogP contribution is -1.97. The summed E-state index contributed by atoms with van der Waals surface area (Å²) in [5, 5.41) is 15.6. The van der Waals surface area contributed by atoms with E-state index in [-0.39, 0.29) is 11.6 Å². The van der Waals surface area contributed by atoms with Gasteiger partial charge in [-0.05, 0) is 24.6 Å². The number of aromatic nitrogens is 2. The second-order valence-corrected chi connectivity index (χ2v) is 6.65. The Kier molecular flexibility index (Phi) is 4.35. The van der Waals surface area contributed by atoms with Crippen LogP contribution in [0.25, 0.3) is 20.7 Å². The number of furan rings is 1. The fourth-order valence-corrected chi connectivity index (χ4v) is 3.61. The van der Waals surface area contributed by atoms with Crippen molar-refractivity contribution in [1.82, 2.24) is 9.97 Å². The van der Waals surface area contributed by atoms with Gasteiger partial charge in [-0.25, -0.2) is 9.97 Å². The van der Waals surface area contributed by atoms with Gasteiger partial charge in [0.05, 0.1) is 17.7 Å². The molecule has 0 saturated heterocycles. The topological polar surface area (TPSA) is 106 Å². The van der Waals surface area contributed by atoms with Gasteiger partial charge < -0.3 is 4.42 Å². The molecule has 8 nitrogen and oxygen atoms in total. The molecule has 4 aromatic rings. The molecule has 0 spiro atoms. The summed E-state index contributed by atoms with van der Waals surface area (Å²) in [6.45, 7) is 1.81. The average Bonchev–Trinajstić information content (AvgIpc) is 3.29. The maximum absolute atomic E-state index is 10.6. The van der Waals surface area contributed by atoms with E-state index in [2.05, 4.69) is 20.5 Å². The number of nitro groups is 1. The number of fused-ring (bicyclic) bond motifs is 1. The summed E-state index contributed by atoms with van der Waals surface area (Å²) >= 11 is 1.58. The summed E-state index contributed by atoms with van der Waals surface area (Å²) in [5.41, 5.74) is 3.98. The van der Waals surface area contributed by atoms with Gasteiger partial charge in [0.2, 0.25) is 0 Å². The summed E-state index contributed by atoms with van der Waals surface area (Å²) in [5.74, 6) is 1.12. The van der Waals surface area contributed by atoms with E-state index in [1.807, 2.05) is 43.3 Å². The van der Waals surface area contributed by atoms with Crippen molar-refractivity contribution in [2.75, 3.05) is 5.43 Å². The Labute approximate surface area is 157 Å². The third kappa shape index (κ3) is 3.53. The quantitative estimate of drug-likeness (QED) is 0.308. The van der Waals surface area contributed by atoms with E-state index in [1.54, 1.807) is 11.3 Å². The third-order valence-corrected chi connectivity index (χ3v) is 4.80. The molecule has 0 aliphatic heterocycles. The van der Waals surface area contributed by atoms with Gasteiger partial charge in [-0.1, -0.05) is 30.3 Å². The van der Waals surface area contributed by atoms with E-state index in [9.17, 15) is 10.1 Å². The standard InChI is InChI=1S/C18H13N5O3S/c1-11-20-17(22-19-10-13-7-8-16(26-13)23(24)25)14-9-15(27-18(14)21-11)12-5-3-2-4-6-12/h2-10H,1H3,(H,20,21,22)/b19-10-. The number of hydrogen-bond donors (Lipinski definition) is 1. The molecule has 4 rings (SSSR count). The van der Waals surface area contributed by atoms with Crippen LogP contribution in [-0.2, 0) is 0 Å². The highest BCUT2D eigenvalue weighted by Gasteiger charge is 2.12. The summed E-state index contributed by atoms with van der Waals surface area (Å²) in [4.78, 5) is 20.9. The average molecular weight is 379 g/mol. The van der Waals surface area contributed by atoms with Crippen molar-refractivity contribution < 1.29 is 9.34 Å². The Hall–Kier alpha value is -3.59. The largest absolute Gasteiger partial charge is 0.433 e. The molecule has 0 amide bonds. The van der Waals surface area contributed by atoms with Crippen LogP contribution in [0.2, 0.25) is 0 Å². The van der Waals surface area contributed by atoms with Gasteiger partial charge >= 0.3 is 5.88 Å². The number of rotatable bonds is 5. The minimum Gasteiger partial charge on any atom is -0.400 e. The lowest BCUT2D eigenvalue weighted by Gasteiger charge is -2.01. The summed E-state index contributed by atoms with van der Waals surface area (Å²) in [6, 6.07) is 14.8. The van der Waals surface area contributed by atoms with Gasteiger partial charge in [0.25, 0.3) is 0 Å². The molecule has 27 heavy (non-hydrogen) atoms. The van der Waals surface area contributed by atoms with Crippen LogP contribution in [0.3, 0.4) is 0 Å². The second-order valence-electron chi connectivity index (χ2n) is 5.62. The van der Waals surface area contributed by atoms with E-state index in [0.29, 0.717) is 11.6 Å². The smallest absolute Gasteiger partial charge is 0.400 e. The second kappa shape index (κ2) is 6.96. The van der Waals surface area contributed by atoms with E-state index in [1.165, 1.54) is 18.3 Å². The van der Waals surface area contributed by atoms with Crippen molar-refractivity contribution in [3.63, 3.8) is 0 Å². The van der Waals surface area contributed by atoms with Gasteiger partial charge in [0.15, 0.2) is 11.6 Å². The van der Waals surface area contributed by atoms with Crippen LogP contribution in [0.5, 0.6) is 0 Å². The maximum Gasteiger partial charge on any atom is 0.433 e. The Morgan fingerprint density at radius 2 is 2.04 bits per heavy atom. The Morgan fingerprint density at radius 3 is 2.78 bits per heavy atom. The molecule has 1 aromatic carbocycles. The number of nitrogens with one attached hydrogen (secondary N) is 1. The van der Waals surface area contributed by atoms with Crippen LogP contribution in [-0.4, -0.2) is 21.1 Å². The van der Waals surface area contributed by atoms with Crippen molar-refractivity contribution in [3.05, 3.63) is 70.2 Å². The fourth-order valence-electron chi connectivity index (χ4n) is 2.52. The highest BCUT2D eigenvalue weighted by Crippen LogP contribution is 2.35. The lowest BCUT2D eigenvalue weighted by atomic mass is 10.2. The number of hydrazone groups is 1. The molecule has 134 valence electrons. The number of hydrogen-bond acceptors (Lipinski definition) is 8. The van der Waals surface area contributed by atoms with E-state index >= 15 is 0 Å². The van der Waals surface area contributed by atoms with E-state index < -0.39 is 4.92 Å². The monoisotopic (exact) mass is 379 g/mol. The molecule has 0 unspecified atom stereocenters. The molecule has 9 heteroatoms. The van der Waals surface area contributed by atoms with E-state index in [0.717, 1.165) is 20.7 Å². The Morgan fingerprint density at radius 1 is 1.22 bits per heavy atom. The van der Waals surface area contributed by atoms with Crippen LogP contribution < -0.4 is 5.43 Å². The molecule has 0 fully saturated rings. The van der Waals surface area contributed by atoms with Crippen molar-refractivity contribution in [3.8, 4) is 10.4 Å². The van der Waals surface area contributed by atoms with E-state index in [4.69, 9.17) is 4.42 Å². The van der Waals surface area contributed by atoms with Crippen LogP contribution >= 0.6 is 11.3 Å². The zero-order valence-electron chi connectivity index (χ0n) is 14.1. The molecule has 3 heterocycles. The normalized spacial score (nSPS) is 11.3. The number of nitrogens with zero attached hydrogens (tertiary/aromatic N) is 4. The van der Waals surface area contributed by atoms with Crippen LogP contribution in [0.4, 0.5) is 11.7 Å². The predicted octanol–water partition coefficient (Wildman–Crippen LogP) is 4.61. The highest BCUT2D eigenvalue weighted by atomic mass is 32.1. The lowest BCUT2D eigenvalue weighted by molar-refractivity contribution is -0.402. The molecule has 0 aliphatic rings. The summed E-state index contributed by atoms with van der Waals surface area (Å²) < 4.78 is 5.04. The molecule has 1 N–H and O–H groups in total. The molecular formula is C18H13N5O3S. The minimum absolute atomic E-state index is 0.270. The maximum atomic E-state index is 10.6. The van der Waals surface area contributed by atoms with Crippen LogP contribution in [0.1, 0.15) is 11.6 Å². The van der Waals surface area contributed by atoms with Crippen molar-refractivity contribution in [2.24, 2.45) is 5.10 Å². The van der Waals surface area contributed by atoms with Gasteiger partial charge in [-0.15, -0.1) is 11.3 Å². The molecule has 0 saturated carbocycles. The molecule has 0 radical (unpaired) electrons. The van der Waals surface area contributed by atoms with Gasteiger partial charge in [-0.3, -0.25) is 15.5 Å². The first kappa shape index (κ1) is 16.9. The first-order chi connectivity index (χ1) is 13.1. The minimum atomic E-state index is -0.599. The van der Waals surface area contributed by atoms with Crippen LogP contribution in [0.15, 0.2) is 58.0 Å². The predicted molar refractivity (Wildman–Crippen MR) is 104 cm³/mol. The number of thiophene rings is 1. The number of benzene rings is 1. The first-order valence-corrected chi connectivity index (χ1v) is 8.79. The molecule has 0 bridgehead atoms. The fraction of sp³-hybridized carbons (Fsp3) is 0.0556. The third-order valence-electron chi connectivity index (χ3n) is 3.72. The summed E-state index contributed by atoms with van der Waals surface area (Å²) in [6.07, 6.45) is 1.36. The molecular weight excluding hydrogens is 366 g/mol. The molecule has 3 aromatic heterocycles. The van der Waals surface area contributed by atoms with Crippen molar-refractivity contribution in [2.45, 2.75) is 6.92 Å². The van der Waals surface area contributed by atoms with Crippen molar-refractivity contribution in [1.29, 1.82) is 0 Å². The number of aryl methyl sites for hydroxylation is 1. The molecule has 0 aliphatic carbocycles. The summed E-state index contributed by atoms with van der Waals surface area (Å²) in [7, 11) is 0. The Bertz CT molecular complexity index is 1150. The zero-order valence-corrected chi connectivity index (χ0v) is 14.9. The highest BCUT2D eigenvalue weighted by molar-refractivity contribution is 7.21. The first-order valence-electron chi connectivity index (χ1n) is 7.97. The SMILES string of the molecule is Cc1nc(N/N=C\c2ccc([N+](=O)[O-])o2)c2cc(-c3ccccc3)sc2n1.